The molecular formula is C14H27N3O3. The second-order valence-corrected chi connectivity index (χ2v) is 6.47. The van der Waals surface area contributed by atoms with Crippen molar-refractivity contribution in [3.63, 3.8) is 0 Å². The van der Waals surface area contributed by atoms with Crippen LogP contribution >= 0.6 is 0 Å². The highest BCUT2D eigenvalue weighted by molar-refractivity contribution is 5.79. The molecule has 3 N–H and O–H groups in total. The number of primary amides is 1. The fourth-order valence-corrected chi connectivity index (χ4v) is 2.17. The predicted octanol–water partition coefficient (Wildman–Crippen LogP) is 1.10. The Morgan fingerprint density at radius 3 is 2.65 bits per heavy atom. The van der Waals surface area contributed by atoms with E-state index in [9.17, 15) is 9.59 Å². The lowest BCUT2D eigenvalue weighted by Crippen LogP contribution is -2.47. The van der Waals surface area contributed by atoms with E-state index in [1.165, 1.54) is 0 Å². The van der Waals surface area contributed by atoms with Crippen molar-refractivity contribution in [2.24, 2.45) is 11.7 Å². The van der Waals surface area contributed by atoms with Gasteiger partial charge in [0, 0.05) is 19.6 Å². The zero-order valence-corrected chi connectivity index (χ0v) is 12.9. The van der Waals surface area contributed by atoms with Gasteiger partial charge in [-0.15, -0.1) is 0 Å². The van der Waals surface area contributed by atoms with E-state index in [1.54, 1.807) is 11.8 Å². The largest absolute Gasteiger partial charge is 0.444 e. The molecule has 2 unspecified atom stereocenters. The molecule has 0 aromatic carbocycles. The minimum atomic E-state index is -0.469. The maximum absolute atomic E-state index is 12.0. The van der Waals surface area contributed by atoms with Gasteiger partial charge in [-0.1, -0.05) is 0 Å². The lowest BCUT2D eigenvalue weighted by Gasteiger charge is -2.34. The zero-order chi connectivity index (χ0) is 15.3. The van der Waals surface area contributed by atoms with Crippen LogP contribution in [0.3, 0.4) is 0 Å². The second kappa shape index (κ2) is 6.92. The number of nitrogens with one attached hydrogen (secondary N) is 1. The molecule has 6 nitrogen and oxygen atoms in total. The molecule has 116 valence electrons. The maximum atomic E-state index is 12.0. The SMILES string of the molecule is CC(NCC1CCCN(C(=O)OC(C)(C)C)C1)C(N)=O. The van der Waals surface area contributed by atoms with Gasteiger partial charge in [0.15, 0.2) is 0 Å². The van der Waals surface area contributed by atoms with Gasteiger partial charge >= 0.3 is 6.09 Å². The van der Waals surface area contributed by atoms with Crippen LogP contribution in [0.25, 0.3) is 0 Å². The summed E-state index contributed by atoms with van der Waals surface area (Å²) in [5.74, 6) is -0.0251. The number of rotatable bonds is 4. The van der Waals surface area contributed by atoms with Crippen molar-refractivity contribution < 1.29 is 14.3 Å². The number of nitrogens with zero attached hydrogens (tertiary/aromatic N) is 1. The molecule has 0 radical (unpaired) electrons. The van der Waals surface area contributed by atoms with Gasteiger partial charge in [-0.3, -0.25) is 4.79 Å². The minimum absolute atomic E-state index is 0.259. The van der Waals surface area contributed by atoms with Crippen molar-refractivity contribution in [2.45, 2.75) is 52.2 Å². The van der Waals surface area contributed by atoms with Gasteiger partial charge in [-0.25, -0.2) is 4.79 Å². The van der Waals surface area contributed by atoms with E-state index in [2.05, 4.69) is 5.32 Å². The van der Waals surface area contributed by atoms with Crippen LogP contribution in [0.15, 0.2) is 0 Å². The number of carbonyl (C=O) groups is 2. The average Bonchev–Trinajstić information content (AvgIpc) is 2.34. The summed E-state index contributed by atoms with van der Waals surface area (Å²) in [6.07, 6.45) is 1.74. The molecule has 2 atom stereocenters. The molecule has 20 heavy (non-hydrogen) atoms. The lowest BCUT2D eigenvalue weighted by atomic mass is 9.98. The van der Waals surface area contributed by atoms with E-state index in [4.69, 9.17) is 10.5 Å². The first-order valence-corrected chi connectivity index (χ1v) is 7.19. The van der Waals surface area contributed by atoms with Gasteiger partial charge in [0.25, 0.3) is 0 Å². The Hall–Kier alpha value is -1.30. The molecule has 1 aliphatic heterocycles. The Balaban J connectivity index is 2.42. The molecule has 0 aromatic heterocycles. The Morgan fingerprint density at radius 2 is 2.10 bits per heavy atom. The molecule has 0 saturated carbocycles. The molecule has 6 heteroatoms. The number of likely N-dealkylation sites (tertiary alicyclic amines) is 1. The van der Waals surface area contributed by atoms with Crippen LogP contribution in [0.4, 0.5) is 4.79 Å². The molecule has 1 fully saturated rings. The number of amides is 2. The van der Waals surface area contributed by atoms with Crippen LogP contribution in [-0.4, -0.2) is 48.2 Å². The number of nitrogens with two attached hydrogens (primary N) is 1. The van der Waals surface area contributed by atoms with Crippen LogP contribution in [0.2, 0.25) is 0 Å². The van der Waals surface area contributed by atoms with Crippen molar-refractivity contribution >= 4 is 12.0 Å². The molecule has 1 saturated heterocycles. The molecule has 2 amide bonds. The van der Waals surface area contributed by atoms with Crippen molar-refractivity contribution in [3.05, 3.63) is 0 Å². The molecular weight excluding hydrogens is 258 g/mol. The molecule has 0 spiro atoms. The Bertz CT molecular complexity index is 352. The Morgan fingerprint density at radius 1 is 1.45 bits per heavy atom. The quantitative estimate of drug-likeness (QED) is 0.810. The number of ether oxygens (including phenoxy) is 1. The maximum Gasteiger partial charge on any atom is 0.410 e. The number of carbonyl (C=O) groups excluding carboxylic acids is 2. The highest BCUT2D eigenvalue weighted by Crippen LogP contribution is 2.18. The summed E-state index contributed by atoms with van der Waals surface area (Å²) in [5.41, 5.74) is 4.74. The Labute approximate surface area is 121 Å². The minimum Gasteiger partial charge on any atom is -0.444 e. The molecule has 1 rings (SSSR count). The van der Waals surface area contributed by atoms with Crippen molar-refractivity contribution in [3.8, 4) is 0 Å². The first kappa shape index (κ1) is 16.8. The average molecular weight is 285 g/mol. The van der Waals surface area contributed by atoms with Crippen molar-refractivity contribution in [1.29, 1.82) is 0 Å². The summed E-state index contributed by atoms with van der Waals surface area (Å²) in [7, 11) is 0. The van der Waals surface area contributed by atoms with Gasteiger partial charge in [-0.2, -0.15) is 0 Å². The van der Waals surface area contributed by atoms with E-state index in [0.717, 1.165) is 19.4 Å². The highest BCUT2D eigenvalue weighted by Gasteiger charge is 2.27. The predicted molar refractivity (Wildman–Crippen MR) is 77.2 cm³/mol. The number of hydrogen-bond donors (Lipinski definition) is 2. The third kappa shape index (κ3) is 5.77. The first-order chi connectivity index (χ1) is 9.19. The van der Waals surface area contributed by atoms with Crippen LogP contribution in [0.5, 0.6) is 0 Å². The monoisotopic (exact) mass is 285 g/mol. The standard InChI is InChI=1S/C14H27N3O3/c1-10(12(15)18)16-8-11-6-5-7-17(9-11)13(19)20-14(2,3)4/h10-11,16H,5-9H2,1-4H3,(H2,15,18). The van der Waals surface area contributed by atoms with Crippen LogP contribution < -0.4 is 11.1 Å². The van der Waals surface area contributed by atoms with Crippen LogP contribution in [0, 0.1) is 5.92 Å². The zero-order valence-electron chi connectivity index (χ0n) is 12.9. The van der Waals surface area contributed by atoms with E-state index in [0.29, 0.717) is 19.0 Å². The van der Waals surface area contributed by atoms with E-state index >= 15 is 0 Å². The molecule has 0 aromatic rings. The van der Waals surface area contributed by atoms with E-state index in [1.807, 2.05) is 20.8 Å². The smallest absolute Gasteiger partial charge is 0.410 e. The van der Waals surface area contributed by atoms with Crippen LogP contribution in [-0.2, 0) is 9.53 Å². The van der Waals surface area contributed by atoms with Crippen molar-refractivity contribution in [1.82, 2.24) is 10.2 Å². The third-order valence-electron chi connectivity index (χ3n) is 3.31. The number of piperidine rings is 1. The van der Waals surface area contributed by atoms with Crippen LogP contribution in [0.1, 0.15) is 40.5 Å². The first-order valence-electron chi connectivity index (χ1n) is 7.19. The summed E-state index contributed by atoms with van der Waals surface area (Å²) in [4.78, 5) is 24.7. The highest BCUT2D eigenvalue weighted by atomic mass is 16.6. The number of hydrogen-bond acceptors (Lipinski definition) is 4. The van der Waals surface area contributed by atoms with E-state index < -0.39 is 5.60 Å². The molecule has 0 bridgehead atoms. The summed E-state index contributed by atoms with van der Waals surface area (Å²) in [5, 5.41) is 3.11. The summed E-state index contributed by atoms with van der Waals surface area (Å²) in [6.45, 7) is 9.41. The lowest BCUT2D eigenvalue weighted by molar-refractivity contribution is -0.119. The van der Waals surface area contributed by atoms with Gasteiger partial charge in [0.1, 0.15) is 5.60 Å². The third-order valence-corrected chi connectivity index (χ3v) is 3.31. The molecule has 1 heterocycles. The summed E-state index contributed by atoms with van der Waals surface area (Å²) >= 11 is 0. The normalized spacial score (nSPS) is 21.4. The summed E-state index contributed by atoms with van der Waals surface area (Å²) in [6, 6.07) is -0.341. The molecule has 0 aliphatic carbocycles. The van der Waals surface area contributed by atoms with Crippen molar-refractivity contribution in [2.75, 3.05) is 19.6 Å². The fourth-order valence-electron chi connectivity index (χ4n) is 2.17. The van der Waals surface area contributed by atoms with Gasteiger partial charge < -0.3 is 20.7 Å². The molecule has 1 aliphatic rings. The second-order valence-electron chi connectivity index (χ2n) is 6.47. The Kier molecular flexibility index (Phi) is 5.80. The van der Waals surface area contributed by atoms with Gasteiger partial charge in [-0.05, 0) is 46.5 Å². The summed E-state index contributed by atoms with van der Waals surface area (Å²) < 4.78 is 5.38. The van der Waals surface area contributed by atoms with Gasteiger partial charge in [0.2, 0.25) is 5.91 Å². The van der Waals surface area contributed by atoms with Gasteiger partial charge in [0.05, 0.1) is 6.04 Å². The fraction of sp³-hybridized carbons (Fsp3) is 0.857. The van der Waals surface area contributed by atoms with E-state index in [-0.39, 0.29) is 18.0 Å². The topological polar surface area (TPSA) is 84.7 Å².